The molecule has 0 unspecified atom stereocenters. The zero-order chi connectivity index (χ0) is 8.69. The molecule has 0 aliphatic heterocycles. The summed E-state index contributed by atoms with van der Waals surface area (Å²) in [5, 5.41) is 6.89. The van der Waals surface area contributed by atoms with Crippen molar-refractivity contribution in [2.24, 2.45) is 0 Å². The Labute approximate surface area is 61.3 Å². The minimum Gasteiger partial charge on any atom is -0.483 e. The highest BCUT2D eigenvalue weighted by Crippen LogP contribution is 1.95. The first kappa shape index (κ1) is 9.48. The van der Waals surface area contributed by atoms with Gasteiger partial charge in [0.1, 0.15) is 11.6 Å². The molecule has 5 heteroatoms. The average Bonchev–Trinajstić information content (AvgIpc) is 1.88. The van der Waals surface area contributed by atoms with E-state index < -0.39 is 11.6 Å². The Kier molecular flexibility index (Phi) is 4.55. The lowest BCUT2D eigenvalue weighted by Gasteiger charge is -1.83. The third-order valence-electron chi connectivity index (χ3n) is 0.672. The van der Waals surface area contributed by atoms with E-state index in [1.165, 1.54) is 0 Å². The molecule has 1 aromatic heterocycles. The lowest BCUT2D eigenvalue weighted by atomic mass is 10.5. The molecule has 0 aliphatic rings. The second-order valence-corrected chi connectivity index (χ2v) is 1.43. The Morgan fingerprint density at radius 2 is 1.73 bits per heavy atom. The van der Waals surface area contributed by atoms with Gasteiger partial charge >= 0.3 is 0 Å². The van der Waals surface area contributed by atoms with E-state index in [9.17, 15) is 8.78 Å². The maximum Gasteiger partial charge on any atom is 0.290 e. The van der Waals surface area contributed by atoms with E-state index in [4.69, 9.17) is 9.90 Å². The van der Waals surface area contributed by atoms with Crippen molar-refractivity contribution in [1.29, 1.82) is 0 Å². The fraction of sp³-hybridized carbons (Fsp3) is 0. The first-order valence-electron chi connectivity index (χ1n) is 2.54. The van der Waals surface area contributed by atoms with Gasteiger partial charge in [0.25, 0.3) is 6.47 Å². The van der Waals surface area contributed by atoms with Crippen molar-refractivity contribution in [3.8, 4) is 0 Å². The van der Waals surface area contributed by atoms with Gasteiger partial charge in [-0.2, -0.15) is 0 Å². The number of carboxylic acid groups (broad SMARTS) is 1. The summed E-state index contributed by atoms with van der Waals surface area (Å²) in [7, 11) is 0. The molecule has 1 rings (SSSR count). The van der Waals surface area contributed by atoms with Gasteiger partial charge in [-0.1, -0.05) is 0 Å². The number of nitrogens with zero attached hydrogens (tertiary/aromatic N) is 1. The Morgan fingerprint density at radius 1 is 1.36 bits per heavy atom. The fourth-order valence-corrected chi connectivity index (χ4v) is 0.386. The molecule has 1 aromatic rings. The standard InChI is InChI=1S/C5H3F2N.CH2O2/c6-4-1-5(7)3-8-2-4;2-1-3/h1-3H;1H,(H,2,3). The van der Waals surface area contributed by atoms with Crippen LogP contribution in [0.25, 0.3) is 0 Å². The second-order valence-electron chi connectivity index (χ2n) is 1.43. The number of hydrogen-bond acceptors (Lipinski definition) is 2. The zero-order valence-electron chi connectivity index (χ0n) is 5.37. The van der Waals surface area contributed by atoms with Crippen LogP contribution in [0.4, 0.5) is 8.78 Å². The van der Waals surface area contributed by atoms with Crippen LogP contribution in [0.15, 0.2) is 18.5 Å². The van der Waals surface area contributed by atoms with Crippen LogP contribution in [0.3, 0.4) is 0 Å². The summed E-state index contributed by atoms with van der Waals surface area (Å²) < 4.78 is 23.7. The molecule has 0 saturated heterocycles. The highest BCUT2D eigenvalue weighted by molar-refractivity contribution is 5.32. The summed E-state index contributed by atoms with van der Waals surface area (Å²) in [5.74, 6) is -1.30. The van der Waals surface area contributed by atoms with E-state index in [0.717, 1.165) is 18.5 Å². The molecule has 0 amide bonds. The third kappa shape index (κ3) is 4.95. The molecule has 0 aliphatic carbocycles. The number of pyridine rings is 1. The van der Waals surface area contributed by atoms with Crippen LogP contribution in [0, 0.1) is 11.6 Å². The number of halogens is 2. The van der Waals surface area contributed by atoms with Gasteiger partial charge < -0.3 is 5.11 Å². The van der Waals surface area contributed by atoms with E-state index in [2.05, 4.69) is 4.98 Å². The van der Waals surface area contributed by atoms with Gasteiger partial charge in [-0.05, 0) is 0 Å². The van der Waals surface area contributed by atoms with E-state index in [0.29, 0.717) is 0 Å². The van der Waals surface area contributed by atoms with Crippen LogP contribution >= 0.6 is 0 Å². The Bertz CT molecular complexity index is 212. The topological polar surface area (TPSA) is 50.2 Å². The fourth-order valence-electron chi connectivity index (χ4n) is 0.386. The molecule has 60 valence electrons. The van der Waals surface area contributed by atoms with Crippen molar-refractivity contribution < 1.29 is 18.7 Å². The summed E-state index contributed by atoms with van der Waals surface area (Å²) in [6, 6.07) is 0.771. The molecule has 0 spiro atoms. The number of rotatable bonds is 0. The second kappa shape index (κ2) is 5.28. The third-order valence-corrected chi connectivity index (χ3v) is 0.672. The van der Waals surface area contributed by atoms with Gasteiger partial charge in [0.2, 0.25) is 0 Å². The van der Waals surface area contributed by atoms with Gasteiger partial charge in [0.05, 0.1) is 12.4 Å². The van der Waals surface area contributed by atoms with Crippen molar-refractivity contribution >= 4 is 6.47 Å². The molecule has 3 nitrogen and oxygen atoms in total. The molecule has 0 radical (unpaired) electrons. The van der Waals surface area contributed by atoms with Crippen molar-refractivity contribution in [2.75, 3.05) is 0 Å². The van der Waals surface area contributed by atoms with Crippen molar-refractivity contribution in [2.45, 2.75) is 0 Å². The van der Waals surface area contributed by atoms with Gasteiger partial charge in [-0.3, -0.25) is 9.78 Å². The van der Waals surface area contributed by atoms with Crippen LogP contribution < -0.4 is 0 Å². The number of hydrogen-bond donors (Lipinski definition) is 1. The first-order valence-corrected chi connectivity index (χ1v) is 2.54. The molecule has 1 heterocycles. The summed E-state index contributed by atoms with van der Waals surface area (Å²) in [5.41, 5.74) is 0. The zero-order valence-corrected chi connectivity index (χ0v) is 5.37. The molecule has 11 heavy (non-hydrogen) atoms. The molecule has 0 saturated carbocycles. The highest BCUT2D eigenvalue weighted by atomic mass is 19.1. The van der Waals surface area contributed by atoms with Gasteiger partial charge in [-0.25, -0.2) is 8.78 Å². The normalized spacial score (nSPS) is 7.82. The van der Waals surface area contributed by atoms with Crippen LogP contribution in [-0.2, 0) is 4.79 Å². The number of aromatic nitrogens is 1. The molecule has 0 fully saturated rings. The molecule has 0 atom stereocenters. The summed E-state index contributed by atoms with van der Waals surface area (Å²) in [6.07, 6.45) is 1.90. The van der Waals surface area contributed by atoms with Crippen LogP contribution in [0.5, 0.6) is 0 Å². The number of carbonyl (C=O) groups is 1. The predicted octanol–water partition coefficient (Wildman–Crippen LogP) is 1.06. The SMILES string of the molecule is Fc1cncc(F)c1.O=CO. The Balaban J connectivity index is 0.000000292. The first-order chi connectivity index (χ1) is 5.20. The molecular weight excluding hydrogens is 156 g/mol. The average molecular weight is 161 g/mol. The maximum atomic E-state index is 11.9. The lowest BCUT2D eigenvalue weighted by molar-refractivity contribution is -0.122. The van der Waals surface area contributed by atoms with E-state index in [1.54, 1.807) is 0 Å². The summed E-state index contributed by atoms with van der Waals surface area (Å²) in [4.78, 5) is 11.6. The Hall–Kier alpha value is -1.52. The van der Waals surface area contributed by atoms with Crippen LogP contribution in [0.1, 0.15) is 0 Å². The van der Waals surface area contributed by atoms with Gasteiger partial charge in [0, 0.05) is 6.07 Å². The molecule has 1 N–H and O–H groups in total. The summed E-state index contributed by atoms with van der Waals surface area (Å²) >= 11 is 0. The predicted molar refractivity (Wildman–Crippen MR) is 32.8 cm³/mol. The monoisotopic (exact) mass is 161 g/mol. The van der Waals surface area contributed by atoms with E-state index in [-0.39, 0.29) is 6.47 Å². The smallest absolute Gasteiger partial charge is 0.290 e. The Morgan fingerprint density at radius 3 is 1.91 bits per heavy atom. The van der Waals surface area contributed by atoms with Gasteiger partial charge in [0.15, 0.2) is 0 Å². The largest absolute Gasteiger partial charge is 0.483 e. The highest BCUT2D eigenvalue weighted by Gasteiger charge is 1.89. The lowest BCUT2D eigenvalue weighted by Crippen LogP contribution is -1.78. The van der Waals surface area contributed by atoms with Crippen molar-refractivity contribution in [3.63, 3.8) is 0 Å². The van der Waals surface area contributed by atoms with Crippen molar-refractivity contribution in [3.05, 3.63) is 30.1 Å². The minimum atomic E-state index is -0.648. The van der Waals surface area contributed by atoms with Crippen LogP contribution in [0.2, 0.25) is 0 Å². The van der Waals surface area contributed by atoms with Crippen molar-refractivity contribution in [1.82, 2.24) is 4.98 Å². The minimum absolute atomic E-state index is 0.250. The summed E-state index contributed by atoms with van der Waals surface area (Å²) in [6.45, 7) is -0.250. The van der Waals surface area contributed by atoms with Crippen LogP contribution in [-0.4, -0.2) is 16.6 Å². The molecule has 0 aromatic carbocycles. The molecule has 0 bridgehead atoms. The van der Waals surface area contributed by atoms with Gasteiger partial charge in [-0.15, -0.1) is 0 Å². The van der Waals surface area contributed by atoms with E-state index >= 15 is 0 Å². The maximum absolute atomic E-state index is 11.9. The molecular formula is C6H5F2NO2. The quantitative estimate of drug-likeness (QED) is 0.579. The van der Waals surface area contributed by atoms with E-state index in [1.807, 2.05) is 0 Å².